The lowest BCUT2D eigenvalue weighted by atomic mass is 10.0. The molecule has 1 atom stereocenters. The van der Waals surface area contributed by atoms with Gasteiger partial charge in [0.1, 0.15) is 17.5 Å². The molecule has 0 saturated carbocycles. The number of aromatic nitrogens is 3. The molecular formula is C22H27F2N5O2. The Labute approximate surface area is 180 Å². The first-order chi connectivity index (χ1) is 14.8. The zero-order valence-electron chi connectivity index (χ0n) is 17.9. The highest BCUT2D eigenvalue weighted by Crippen LogP contribution is 2.23. The summed E-state index contributed by atoms with van der Waals surface area (Å²) in [4.78, 5) is 26.2. The average Bonchev–Trinajstić information content (AvgIpc) is 3.00. The van der Waals surface area contributed by atoms with Gasteiger partial charge in [-0.15, -0.1) is 10.2 Å². The highest BCUT2D eigenvalue weighted by Gasteiger charge is 2.27. The van der Waals surface area contributed by atoms with Gasteiger partial charge in [-0.3, -0.25) is 9.59 Å². The van der Waals surface area contributed by atoms with Crippen molar-refractivity contribution in [2.24, 2.45) is 5.92 Å². The van der Waals surface area contributed by atoms with Crippen LogP contribution in [0.3, 0.4) is 0 Å². The smallest absolute Gasteiger partial charge is 0.246 e. The Kier molecular flexibility index (Phi) is 7.14. The van der Waals surface area contributed by atoms with Gasteiger partial charge < -0.3 is 14.8 Å². The van der Waals surface area contributed by atoms with Crippen LogP contribution in [0.15, 0.2) is 24.3 Å². The highest BCUT2D eigenvalue weighted by molar-refractivity contribution is 5.91. The van der Waals surface area contributed by atoms with Gasteiger partial charge in [0.15, 0.2) is 5.82 Å². The van der Waals surface area contributed by atoms with Gasteiger partial charge in [0.2, 0.25) is 11.8 Å². The van der Waals surface area contributed by atoms with Crippen LogP contribution in [0.4, 0.5) is 8.78 Å². The number of carbonyl (C=O) groups excluding carboxylic acids is 2. The fourth-order valence-corrected chi connectivity index (χ4v) is 3.50. The molecule has 2 amide bonds. The molecule has 1 aliphatic heterocycles. The second-order valence-corrected chi connectivity index (χ2v) is 7.84. The largest absolute Gasteiger partial charge is 0.346 e. The highest BCUT2D eigenvalue weighted by atomic mass is 19.1. The first-order valence-electron chi connectivity index (χ1n) is 10.4. The van der Waals surface area contributed by atoms with Crippen LogP contribution in [0.2, 0.25) is 0 Å². The lowest BCUT2D eigenvalue weighted by molar-refractivity contribution is -0.126. The molecule has 0 radical (unpaired) electrons. The van der Waals surface area contributed by atoms with E-state index in [1.165, 1.54) is 18.2 Å². The SMILES string of the molecule is CCC(=O)NC(c1nnc2n1CCN(C(=O)/C=C/c1ccc(F)cc1F)CC2)C(C)C. The van der Waals surface area contributed by atoms with Crippen molar-refractivity contribution in [3.63, 3.8) is 0 Å². The molecule has 0 saturated heterocycles. The Bertz CT molecular complexity index is 986. The molecule has 0 bridgehead atoms. The predicted octanol–water partition coefficient (Wildman–Crippen LogP) is 2.88. The fraction of sp³-hybridized carbons (Fsp3) is 0.455. The molecule has 0 fully saturated rings. The molecule has 2 aromatic rings. The molecule has 1 aromatic heterocycles. The van der Waals surface area contributed by atoms with Gasteiger partial charge in [-0.2, -0.15) is 0 Å². The molecule has 1 aliphatic rings. The summed E-state index contributed by atoms with van der Waals surface area (Å²) < 4.78 is 28.8. The molecule has 31 heavy (non-hydrogen) atoms. The van der Waals surface area contributed by atoms with Crippen LogP contribution in [-0.4, -0.2) is 44.6 Å². The Morgan fingerprint density at radius 3 is 2.65 bits per heavy atom. The number of nitrogens with one attached hydrogen (secondary N) is 1. The van der Waals surface area contributed by atoms with Crippen molar-refractivity contribution in [3.8, 4) is 0 Å². The number of nitrogens with zero attached hydrogens (tertiary/aromatic N) is 4. The van der Waals surface area contributed by atoms with Crippen molar-refractivity contribution in [2.45, 2.75) is 46.2 Å². The van der Waals surface area contributed by atoms with Crippen LogP contribution in [0.1, 0.15) is 50.4 Å². The topological polar surface area (TPSA) is 80.1 Å². The van der Waals surface area contributed by atoms with Crippen molar-refractivity contribution in [2.75, 3.05) is 13.1 Å². The summed E-state index contributed by atoms with van der Waals surface area (Å²) in [6.45, 7) is 7.18. The summed E-state index contributed by atoms with van der Waals surface area (Å²) in [7, 11) is 0. The Hall–Kier alpha value is -3.10. The normalized spacial score (nSPS) is 15.1. The van der Waals surface area contributed by atoms with Gasteiger partial charge in [0, 0.05) is 50.2 Å². The molecule has 9 heteroatoms. The second-order valence-electron chi connectivity index (χ2n) is 7.84. The number of rotatable bonds is 6. The second kappa shape index (κ2) is 9.80. The van der Waals surface area contributed by atoms with Gasteiger partial charge >= 0.3 is 0 Å². The minimum absolute atomic E-state index is 0.0559. The summed E-state index contributed by atoms with van der Waals surface area (Å²) in [5, 5.41) is 11.6. The Morgan fingerprint density at radius 2 is 1.97 bits per heavy atom. The zero-order chi connectivity index (χ0) is 22.5. The van der Waals surface area contributed by atoms with E-state index in [9.17, 15) is 18.4 Å². The van der Waals surface area contributed by atoms with Gasteiger partial charge in [-0.25, -0.2) is 8.78 Å². The summed E-state index contributed by atoms with van der Waals surface area (Å²) in [6.07, 6.45) is 3.54. The first-order valence-corrected chi connectivity index (χ1v) is 10.4. The van der Waals surface area contributed by atoms with Crippen LogP contribution < -0.4 is 5.32 Å². The third-order valence-electron chi connectivity index (χ3n) is 5.32. The van der Waals surface area contributed by atoms with Crippen molar-refractivity contribution in [3.05, 3.63) is 53.1 Å². The number of benzene rings is 1. The van der Waals surface area contributed by atoms with Crippen molar-refractivity contribution in [1.29, 1.82) is 0 Å². The van der Waals surface area contributed by atoms with E-state index in [0.29, 0.717) is 38.3 Å². The molecule has 166 valence electrons. The minimum atomic E-state index is -0.718. The van der Waals surface area contributed by atoms with Crippen molar-refractivity contribution >= 4 is 17.9 Å². The zero-order valence-corrected chi connectivity index (χ0v) is 17.9. The molecule has 1 aromatic carbocycles. The van der Waals surface area contributed by atoms with E-state index in [0.717, 1.165) is 18.0 Å². The third kappa shape index (κ3) is 5.34. The molecule has 7 nitrogen and oxygen atoms in total. The summed E-state index contributed by atoms with van der Waals surface area (Å²) >= 11 is 0. The molecule has 0 aliphatic carbocycles. The average molecular weight is 431 g/mol. The van der Waals surface area contributed by atoms with E-state index in [1.807, 2.05) is 18.4 Å². The van der Waals surface area contributed by atoms with E-state index in [-0.39, 0.29) is 29.3 Å². The van der Waals surface area contributed by atoms with Gasteiger partial charge in [0.05, 0.1) is 6.04 Å². The van der Waals surface area contributed by atoms with Crippen LogP contribution >= 0.6 is 0 Å². The number of hydrogen-bond acceptors (Lipinski definition) is 4. The van der Waals surface area contributed by atoms with Gasteiger partial charge in [-0.05, 0) is 24.1 Å². The van der Waals surface area contributed by atoms with Gasteiger partial charge in [-0.1, -0.05) is 20.8 Å². The van der Waals surface area contributed by atoms with E-state index >= 15 is 0 Å². The monoisotopic (exact) mass is 431 g/mol. The van der Waals surface area contributed by atoms with E-state index in [2.05, 4.69) is 15.5 Å². The molecule has 3 rings (SSSR count). The van der Waals surface area contributed by atoms with E-state index in [4.69, 9.17) is 0 Å². The van der Waals surface area contributed by atoms with E-state index < -0.39 is 11.6 Å². The summed E-state index contributed by atoms with van der Waals surface area (Å²) in [5.74, 6) is -0.131. The minimum Gasteiger partial charge on any atom is -0.346 e. The maximum Gasteiger partial charge on any atom is 0.246 e. The molecular weight excluding hydrogens is 404 g/mol. The maximum atomic E-state index is 13.8. The number of hydrogen-bond donors (Lipinski definition) is 1. The number of fused-ring (bicyclic) bond motifs is 1. The van der Waals surface area contributed by atoms with E-state index in [1.54, 1.807) is 11.8 Å². The van der Waals surface area contributed by atoms with Crippen molar-refractivity contribution in [1.82, 2.24) is 25.0 Å². The van der Waals surface area contributed by atoms with Crippen LogP contribution in [0.5, 0.6) is 0 Å². The van der Waals surface area contributed by atoms with Crippen molar-refractivity contribution < 1.29 is 18.4 Å². The standard InChI is InChI=1S/C22H27F2N5O2/c1-4-19(30)25-21(14(2)3)22-27-26-18-9-10-28(11-12-29(18)22)20(31)8-6-15-5-7-16(23)13-17(15)24/h5-8,13-14,21H,4,9-12H2,1-3H3,(H,25,30)/b8-6+. The molecule has 2 heterocycles. The van der Waals surface area contributed by atoms with Crippen LogP contribution in [0.25, 0.3) is 6.08 Å². The molecule has 1 unspecified atom stereocenters. The number of carbonyl (C=O) groups is 2. The van der Waals surface area contributed by atoms with Gasteiger partial charge in [0.25, 0.3) is 0 Å². The summed E-state index contributed by atoms with van der Waals surface area (Å²) in [5.41, 5.74) is 0.149. The lowest BCUT2D eigenvalue weighted by Crippen LogP contribution is -2.34. The van der Waals surface area contributed by atoms with Crippen LogP contribution in [-0.2, 0) is 22.6 Å². The number of amides is 2. The Morgan fingerprint density at radius 1 is 1.19 bits per heavy atom. The maximum absolute atomic E-state index is 13.8. The van der Waals surface area contributed by atoms with Crippen LogP contribution in [0, 0.1) is 17.6 Å². The molecule has 1 N–H and O–H groups in total. The predicted molar refractivity (Wildman–Crippen MR) is 112 cm³/mol. The molecule has 0 spiro atoms. The first kappa shape index (κ1) is 22.6. The Balaban J connectivity index is 1.72. The lowest BCUT2D eigenvalue weighted by Gasteiger charge is -2.23. The quantitative estimate of drug-likeness (QED) is 0.714. The number of halogens is 2. The fourth-order valence-electron chi connectivity index (χ4n) is 3.50. The summed E-state index contributed by atoms with van der Waals surface area (Å²) in [6, 6.07) is 2.96. The third-order valence-corrected chi connectivity index (χ3v) is 5.32.